The Kier molecular flexibility index (Phi) is 4.15. The molecule has 22 heavy (non-hydrogen) atoms. The molecule has 0 N–H and O–H groups in total. The lowest BCUT2D eigenvalue weighted by atomic mass is 10.2. The maximum Gasteiger partial charge on any atom is 0.269 e. The van der Waals surface area contributed by atoms with Crippen molar-refractivity contribution < 1.29 is 4.74 Å². The number of aromatic nitrogens is 2. The van der Waals surface area contributed by atoms with E-state index in [-0.39, 0.29) is 5.56 Å². The van der Waals surface area contributed by atoms with Crippen molar-refractivity contribution in [2.75, 3.05) is 7.11 Å². The lowest BCUT2D eigenvalue weighted by Crippen LogP contribution is -2.16. The molecule has 112 valence electrons. The summed E-state index contributed by atoms with van der Waals surface area (Å²) in [5, 5.41) is 0. The Bertz CT molecular complexity index is 857. The normalized spacial score (nSPS) is 10.8. The average Bonchev–Trinajstić information content (AvgIpc) is 2.57. The zero-order valence-electron chi connectivity index (χ0n) is 12.4. The number of benzene rings is 2. The highest BCUT2D eigenvalue weighted by Gasteiger charge is 2.03. The van der Waals surface area contributed by atoms with Crippen molar-refractivity contribution in [3.8, 4) is 5.75 Å². The van der Waals surface area contributed by atoms with Gasteiger partial charge in [-0.15, -0.1) is 11.8 Å². The molecular weight excluding hydrogens is 296 g/mol. The fraction of sp³-hybridized carbons (Fsp3) is 0.176. The summed E-state index contributed by atoms with van der Waals surface area (Å²) in [5.41, 5.74) is 2.83. The smallest absolute Gasteiger partial charge is 0.269 e. The molecule has 0 saturated heterocycles. The Labute approximate surface area is 132 Å². The molecule has 0 amide bonds. The van der Waals surface area contributed by atoms with Crippen molar-refractivity contribution in [3.63, 3.8) is 0 Å². The van der Waals surface area contributed by atoms with Gasteiger partial charge in [0.1, 0.15) is 5.75 Å². The first-order valence-corrected chi connectivity index (χ1v) is 7.87. The molecule has 5 heteroatoms. The van der Waals surface area contributed by atoms with Gasteiger partial charge in [0.2, 0.25) is 0 Å². The molecule has 0 aliphatic heterocycles. The molecular formula is C17H16N2O2S. The highest BCUT2D eigenvalue weighted by atomic mass is 32.2. The number of hydrogen-bond acceptors (Lipinski definition) is 4. The van der Waals surface area contributed by atoms with Crippen LogP contribution in [-0.4, -0.2) is 16.7 Å². The van der Waals surface area contributed by atoms with E-state index in [2.05, 4.69) is 17.1 Å². The lowest BCUT2D eigenvalue weighted by Gasteiger charge is -2.07. The summed E-state index contributed by atoms with van der Waals surface area (Å²) in [5.74, 6) is 1.74. The minimum Gasteiger partial charge on any atom is -0.497 e. The van der Waals surface area contributed by atoms with Crippen molar-refractivity contribution in [1.82, 2.24) is 9.55 Å². The number of methoxy groups -OCH3 is 1. The van der Waals surface area contributed by atoms with Gasteiger partial charge < -0.3 is 9.30 Å². The minimum absolute atomic E-state index is 0.0915. The van der Waals surface area contributed by atoms with Gasteiger partial charge in [0.25, 0.3) is 5.56 Å². The number of hydrogen-bond donors (Lipinski definition) is 0. The summed E-state index contributed by atoms with van der Waals surface area (Å²) in [6.07, 6.45) is 1.36. The number of rotatable bonds is 4. The molecule has 0 aliphatic rings. The van der Waals surface area contributed by atoms with Crippen LogP contribution >= 0.6 is 11.8 Å². The van der Waals surface area contributed by atoms with Gasteiger partial charge in [0.05, 0.1) is 24.3 Å². The van der Waals surface area contributed by atoms with Gasteiger partial charge in [-0.1, -0.05) is 12.1 Å². The Morgan fingerprint density at radius 3 is 2.68 bits per heavy atom. The van der Waals surface area contributed by atoms with Crippen LogP contribution in [0.3, 0.4) is 0 Å². The highest BCUT2D eigenvalue weighted by Crippen LogP contribution is 2.26. The van der Waals surface area contributed by atoms with E-state index in [1.165, 1.54) is 11.8 Å². The molecule has 0 spiro atoms. The van der Waals surface area contributed by atoms with Crippen LogP contribution in [0.2, 0.25) is 0 Å². The van der Waals surface area contributed by atoms with Crippen LogP contribution in [0, 0.1) is 0 Å². The minimum atomic E-state index is -0.0915. The Hall–Kier alpha value is -2.27. The SMILES string of the molecule is COc1ccc(CSc2ccc3c(c2)ncc(=O)n3C)cc1. The highest BCUT2D eigenvalue weighted by molar-refractivity contribution is 7.98. The molecule has 1 heterocycles. The van der Waals surface area contributed by atoms with Gasteiger partial charge in [-0.2, -0.15) is 0 Å². The van der Waals surface area contributed by atoms with Crippen LogP contribution in [0.25, 0.3) is 11.0 Å². The van der Waals surface area contributed by atoms with Gasteiger partial charge in [0.15, 0.2) is 0 Å². The van der Waals surface area contributed by atoms with E-state index in [1.54, 1.807) is 30.5 Å². The Morgan fingerprint density at radius 2 is 1.95 bits per heavy atom. The number of fused-ring (bicyclic) bond motifs is 1. The summed E-state index contributed by atoms with van der Waals surface area (Å²) in [6.45, 7) is 0. The maximum absolute atomic E-state index is 11.6. The van der Waals surface area contributed by atoms with E-state index >= 15 is 0 Å². The Balaban J connectivity index is 1.79. The largest absolute Gasteiger partial charge is 0.497 e. The van der Waals surface area contributed by atoms with Crippen LogP contribution in [0.1, 0.15) is 5.56 Å². The van der Waals surface area contributed by atoms with Gasteiger partial charge >= 0.3 is 0 Å². The van der Waals surface area contributed by atoms with Crippen LogP contribution in [0.5, 0.6) is 5.75 Å². The molecule has 3 rings (SSSR count). The first-order valence-electron chi connectivity index (χ1n) is 6.89. The topological polar surface area (TPSA) is 44.1 Å². The summed E-state index contributed by atoms with van der Waals surface area (Å²) < 4.78 is 6.77. The molecule has 1 aromatic heterocycles. The third kappa shape index (κ3) is 2.99. The van der Waals surface area contributed by atoms with Crippen molar-refractivity contribution in [2.45, 2.75) is 10.6 Å². The molecule has 4 nitrogen and oxygen atoms in total. The third-order valence-electron chi connectivity index (χ3n) is 3.52. The summed E-state index contributed by atoms with van der Waals surface area (Å²) >= 11 is 1.74. The number of ether oxygens (including phenoxy) is 1. The number of thioether (sulfide) groups is 1. The van der Waals surface area contributed by atoms with E-state index < -0.39 is 0 Å². The standard InChI is InChI=1S/C17H16N2O2S/c1-19-16-8-7-14(9-15(16)18-10-17(19)20)22-11-12-3-5-13(21-2)6-4-12/h3-10H,11H2,1-2H3. The van der Waals surface area contributed by atoms with E-state index in [0.717, 1.165) is 27.4 Å². The molecule has 0 saturated carbocycles. The van der Waals surface area contributed by atoms with E-state index in [0.29, 0.717) is 0 Å². The van der Waals surface area contributed by atoms with Crippen molar-refractivity contribution >= 4 is 22.8 Å². The molecule has 3 aromatic rings. The predicted molar refractivity (Wildman–Crippen MR) is 89.5 cm³/mol. The fourth-order valence-electron chi connectivity index (χ4n) is 2.20. The molecule has 0 aliphatic carbocycles. The van der Waals surface area contributed by atoms with Gasteiger partial charge in [-0.3, -0.25) is 4.79 Å². The predicted octanol–water partition coefficient (Wildman–Crippen LogP) is 3.23. The van der Waals surface area contributed by atoms with Crippen LogP contribution in [0.4, 0.5) is 0 Å². The fourth-order valence-corrected chi connectivity index (χ4v) is 3.08. The molecule has 0 fully saturated rings. The number of nitrogens with zero attached hydrogens (tertiary/aromatic N) is 2. The second-order valence-corrected chi connectivity index (χ2v) is 5.99. The van der Waals surface area contributed by atoms with Crippen LogP contribution in [-0.2, 0) is 12.8 Å². The molecule has 0 atom stereocenters. The monoisotopic (exact) mass is 312 g/mol. The van der Waals surface area contributed by atoms with Gasteiger partial charge in [0, 0.05) is 17.7 Å². The second-order valence-electron chi connectivity index (χ2n) is 4.94. The quantitative estimate of drug-likeness (QED) is 0.694. The van der Waals surface area contributed by atoms with Crippen molar-refractivity contribution in [3.05, 3.63) is 64.6 Å². The van der Waals surface area contributed by atoms with Crippen LogP contribution < -0.4 is 10.3 Å². The maximum atomic E-state index is 11.6. The van der Waals surface area contributed by atoms with Crippen LogP contribution in [0.15, 0.2) is 58.4 Å². The first-order chi connectivity index (χ1) is 10.7. The van der Waals surface area contributed by atoms with Crippen molar-refractivity contribution in [2.24, 2.45) is 7.05 Å². The van der Waals surface area contributed by atoms with Gasteiger partial charge in [-0.25, -0.2) is 4.98 Å². The first kappa shape index (κ1) is 14.7. The average molecular weight is 312 g/mol. The van der Waals surface area contributed by atoms with Crippen molar-refractivity contribution in [1.29, 1.82) is 0 Å². The second kappa shape index (κ2) is 6.23. The molecule has 0 unspecified atom stereocenters. The summed E-state index contributed by atoms with van der Waals surface area (Å²) in [7, 11) is 3.43. The molecule has 0 radical (unpaired) electrons. The van der Waals surface area contributed by atoms with E-state index in [1.807, 2.05) is 30.3 Å². The zero-order chi connectivity index (χ0) is 15.5. The number of aryl methyl sites for hydroxylation is 1. The molecule has 0 bridgehead atoms. The third-order valence-corrected chi connectivity index (χ3v) is 4.58. The molecule has 2 aromatic carbocycles. The zero-order valence-corrected chi connectivity index (χ0v) is 13.3. The van der Waals surface area contributed by atoms with E-state index in [9.17, 15) is 4.79 Å². The lowest BCUT2D eigenvalue weighted by molar-refractivity contribution is 0.414. The summed E-state index contributed by atoms with van der Waals surface area (Å²) in [6, 6.07) is 14.0. The van der Waals surface area contributed by atoms with Gasteiger partial charge in [-0.05, 0) is 35.9 Å². The summed E-state index contributed by atoms with van der Waals surface area (Å²) in [4.78, 5) is 16.9. The van der Waals surface area contributed by atoms with E-state index in [4.69, 9.17) is 4.74 Å². The Morgan fingerprint density at radius 1 is 1.18 bits per heavy atom.